The van der Waals surface area contributed by atoms with Crippen molar-refractivity contribution in [3.63, 3.8) is 0 Å². The van der Waals surface area contributed by atoms with Crippen molar-refractivity contribution in [1.29, 1.82) is 0 Å². The van der Waals surface area contributed by atoms with Crippen molar-refractivity contribution in [2.75, 3.05) is 0 Å². The average Bonchev–Trinajstić information content (AvgIpc) is 2.93. The van der Waals surface area contributed by atoms with Gasteiger partial charge >= 0.3 is 0 Å². The molecule has 1 aromatic heterocycles. The topological polar surface area (TPSA) is 39.2 Å². The van der Waals surface area contributed by atoms with Crippen LogP contribution in [0.2, 0.25) is 0 Å². The minimum Gasteiger partial charge on any atom is -0.466 e. The Morgan fingerprint density at radius 3 is 2.88 bits per heavy atom. The molecule has 2 unspecified atom stereocenters. The molecule has 0 bridgehead atoms. The van der Waals surface area contributed by atoms with E-state index in [9.17, 15) is 0 Å². The number of fused-ring (bicyclic) bond motifs is 1. The minimum atomic E-state index is -0.0724. The van der Waals surface area contributed by atoms with Crippen LogP contribution in [0, 0.1) is 0 Å². The van der Waals surface area contributed by atoms with Crippen LogP contribution in [-0.2, 0) is 6.42 Å². The predicted octanol–water partition coefficient (Wildman–Crippen LogP) is 3.76. The Hall–Kier alpha value is -0.710. The number of benzene rings is 1. The lowest BCUT2D eigenvalue weighted by Crippen LogP contribution is -2.23. The molecule has 2 heterocycles. The lowest BCUT2D eigenvalue weighted by Gasteiger charge is -2.16. The van der Waals surface area contributed by atoms with Crippen molar-refractivity contribution in [2.45, 2.75) is 22.6 Å². The molecule has 0 fully saturated rings. The van der Waals surface area contributed by atoms with Crippen molar-refractivity contribution in [2.24, 2.45) is 5.73 Å². The molecule has 0 saturated carbocycles. The molecule has 0 aliphatic carbocycles. The maximum absolute atomic E-state index is 6.28. The summed E-state index contributed by atoms with van der Waals surface area (Å²) in [6.45, 7) is 0. The first-order valence-electron chi connectivity index (χ1n) is 5.49. The Balaban J connectivity index is 1.83. The first kappa shape index (κ1) is 11.4. The Morgan fingerprint density at radius 1 is 1.35 bits per heavy atom. The third kappa shape index (κ3) is 2.05. The van der Waals surface area contributed by atoms with Crippen LogP contribution in [0.15, 0.2) is 50.4 Å². The van der Waals surface area contributed by atoms with Crippen LogP contribution in [0.3, 0.4) is 0 Å². The molecule has 0 spiro atoms. The number of thioether (sulfide) groups is 1. The normalized spacial score (nSPS) is 20.2. The molecule has 2 atom stereocenters. The van der Waals surface area contributed by atoms with Gasteiger partial charge in [0.2, 0.25) is 0 Å². The molecule has 2 nitrogen and oxygen atoms in total. The maximum atomic E-state index is 6.28. The Kier molecular flexibility index (Phi) is 3.03. The summed E-state index contributed by atoms with van der Waals surface area (Å²) >= 11 is 5.31. The summed E-state index contributed by atoms with van der Waals surface area (Å²) in [6.07, 6.45) is 2.68. The molecule has 1 aliphatic heterocycles. The van der Waals surface area contributed by atoms with E-state index in [1.165, 1.54) is 10.5 Å². The molecule has 2 aromatic rings. The van der Waals surface area contributed by atoms with Crippen LogP contribution in [0.1, 0.15) is 17.4 Å². The van der Waals surface area contributed by atoms with E-state index in [1.54, 1.807) is 6.26 Å². The van der Waals surface area contributed by atoms with Gasteiger partial charge in [0, 0.05) is 10.1 Å². The van der Waals surface area contributed by atoms with Gasteiger partial charge in [0.25, 0.3) is 0 Å². The number of hydrogen-bond donors (Lipinski definition) is 1. The monoisotopic (exact) mass is 309 g/mol. The van der Waals surface area contributed by atoms with E-state index in [4.69, 9.17) is 10.2 Å². The van der Waals surface area contributed by atoms with E-state index >= 15 is 0 Å². The van der Waals surface area contributed by atoms with E-state index in [0.29, 0.717) is 5.25 Å². The van der Waals surface area contributed by atoms with Gasteiger partial charge in [-0.1, -0.05) is 18.2 Å². The number of halogens is 1. The fourth-order valence-corrected chi connectivity index (χ4v) is 3.91. The van der Waals surface area contributed by atoms with E-state index < -0.39 is 0 Å². The number of furan rings is 1. The highest BCUT2D eigenvalue weighted by Gasteiger charge is 2.30. The number of nitrogens with two attached hydrogens (primary N) is 1. The third-order valence-corrected chi connectivity index (χ3v) is 5.09. The minimum absolute atomic E-state index is 0.0724. The molecule has 88 valence electrons. The zero-order chi connectivity index (χ0) is 11.8. The summed E-state index contributed by atoms with van der Waals surface area (Å²) in [4.78, 5) is 1.34. The lowest BCUT2D eigenvalue weighted by atomic mass is 10.0. The molecule has 2 N–H and O–H groups in total. The lowest BCUT2D eigenvalue weighted by molar-refractivity contribution is 0.456. The van der Waals surface area contributed by atoms with Gasteiger partial charge in [-0.2, -0.15) is 0 Å². The summed E-state index contributed by atoms with van der Waals surface area (Å²) in [5, 5.41) is 0.356. The SMILES string of the molecule is NC(c1occc1Br)C1Cc2ccccc2S1. The fraction of sp³-hybridized carbons (Fsp3) is 0.231. The number of rotatable bonds is 2. The van der Waals surface area contributed by atoms with Crippen molar-refractivity contribution < 1.29 is 4.42 Å². The summed E-state index contributed by atoms with van der Waals surface area (Å²) in [6, 6.07) is 10.3. The van der Waals surface area contributed by atoms with Crippen LogP contribution in [0.4, 0.5) is 0 Å². The largest absolute Gasteiger partial charge is 0.466 e. The van der Waals surface area contributed by atoms with Gasteiger partial charge < -0.3 is 10.2 Å². The smallest absolute Gasteiger partial charge is 0.135 e. The van der Waals surface area contributed by atoms with E-state index in [0.717, 1.165) is 16.7 Å². The van der Waals surface area contributed by atoms with Crippen molar-refractivity contribution in [1.82, 2.24) is 0 Å². The molecular weight excluding hydrogens is 298 g/mol. The van der Waals surface area contributed by atoms with Crippen molar-refractivity contribution in [3.8, 4) is 0 Å². The number of hydrogen-bond acceptors (Lipinski definition) is 3. The van der Waals surface area contributed by atoms with Crippen molar-refractivity contribution in [3.05, 3.63) is 52.4 Å². The zero-order valence-corrected chi connectivity index (χ0v) is 11.5. The van der Waals surface area contributed by atoms with Gasteiger partial charge in [-0.3, -0.25) is 0 Å². The predicted molar refractivity (Wildman–Crippen MR) is 73.1 cm³/mol. The third-order valence-electron chi connectivity index (χ3n) is 3.02. The summed E-state index contributed by atoms with van der Waals surface area (Å²) in [5.41, 5.74) is 7.67. The fourth-order valence-electron chi connectivity index (χ4n) is 2.12. The first-order valence-corrected chi connectivity index (χ1v) is 7.16. The second-order valence-electron chi connectivity index (χ2n) is 4.13. The van der Waals surface area contributed by atoms with E-state index in [2.05, 4.69) is 40.2 Å². The first-order chi connectivity index (χ1) is 8.25. The van der Waals surface area contributed by atoms with Crippen LogP contribution in [-0.4, -0.2) is 5.25 Å². The van der Waals surface area contributed by atoms with Crippen LogP contribution in [0.25, 0.3) is 0 Å². The molecule has 0 amide bonds. The molecule has 0 saturated heterocycles. The quantitative estimate of drug-likeness (QED) is 0.918. The van der Waals surface area contributed by atoms with Gasteiger partial charge in [-0.05, 0) is 40.0 Å². The molecule has 3 rings (SSSR count). The van der Waals surface area contributed by atoms with Gasteiger partial charge in [-0.15, -0.1) is 11.8 Å². The molecule has 1 aliphatic rings. The summed E-state index contributed by atoms with van der Waals surface area (Å²) in [5.74, 6) is 0.843. The molecule has 17 heavy (non-hydrogen) atoms. The highest BCUT2D eigenvalue weighted by molar-refractivity contribution is 9.10. The second-order valence-corrected chi connectivity index (χ2v) is 6.26. The average molecular weight is 310 g/mol. The van der Waals surface area contributed by atoms with Gasteiger partial charge in [0.05, 0.1) is 16.8 Å². The van der Waals surface area contributed by atoms with E-state index in [-0.39, 0.29) is 6.04 Å². The molecule has 4 heteroatoms. The molecule has 0 radical (unpaired) electrons. The van der Waals surface area contributed by atoms with Gasteiger partial charge in [0.15, 0.2) is 0 Å². The maximum Gasteiger partial charge on any atom is 0.135 e. The summed E-state index contributed by atoms with van der Waals surface area (Å²) < 4.78 is 6.41. The molecular formula is C13H12BrNOS. The van der Waals surface area contributed by atoms with Crippen LogP contribution < -0.4 is 5.73 Å². The standard InChI is InChI=1S/C13H12BrNOS/c14-9-5-6-16-13(9)12(15)11-7-8-3-1-2-4-10(8)17-11/h1-6,11-12H,7,15H2. The Bertz CT molecular complexity index is 515. The van der Waals surface area contributed by atoms with Crippen LogP contribution in [0.5, 0.6) is 0 Å². The van der Waals surface area contributed by atoms with Gasteiger partial charge in [0.1, 0.15) is 5.76 Å². The zero-order valence-electron chi connectivity index (χ0n) is 9.10. The van der Waals surface area contributed by atoms with Crippen molar-refractivity contribution >= 4 is 27.7 Å². The Labute approximate surface area is 113 Å². The van der Waals surface area contributed by atoms with E-state index in [1.807, 2.05) is 17.8 Å². The van der Waals surface area contributed by atoms with Crippen LogP contribution >= 0.6 is 27.7 Å². The van der Waals surface area contributed by atoms with Gasteiger partial charge in [-0.25, -0.2) is 0 Å². The highest BCUT2D eigenvalue weighted by Crippen LogP contribution is 2.42. The highest BCUT2D eigenvalue weighted by atomic mass is 79.9. The second kappa shape index (κ2) is 4.52. The Morgan fingerprint density at radius 2 is 2.18 bits per heavy atom. The molecule has 1 aromatic carbocycles. The summed E-state index contributed by atoms with van der Waals surface area (Å²) in [7, 11) is 0.